The number of benzene rings is 2. The van der Waals surface area contributed by atoms with Gasteiger partial charge in [-0.15, -0.1) is 0 Å². The minimum atomic E-state index is 0.752. The first kappa shape index (κ1) is 14.6. The van der Waals surface area contributed by atoms with E-state index in [1.54, 1.807) is 7.11 Å². The van der Waals surface area contributed by atoms with Crippen molar-refractivity contribution in [1.82, 2.24) is 0 Å². The van der Waals surface area contributed by atoms with Crippen LogP contribution in [0.5, 0.6) is 0 Å². The summed E-state index contributed by atoms with van der Waals surface area (Å²) >= 11 is 0. The highest BCUT2D eigenvalue weighted by Crippen LogP contribution is 2.17. The average Bonchev–Trinajstić information content (AvgIpc) is 2.43. The maximum atomic E-state index is 5.17. The molecule has 0 unspecified atom stereocenters. The van der Waals surface area contributed by atoms with E-state index in [9.17, 15) is 0 Å². The molecular formula is C18H23NO. The molecule has 20 heavy (non-hydrogen) atoms. The summed E-state index contributed by atoms with van der Waals surface area (Å²) in [6, 6.07) is 15.1. The van der Waals surface area contributed by atoms with E-state index in [1.165, 1.54) is 27.9 Å². The molecule has 2 rings (SSSR count). The molecule has 0 aliphatic heterocycles. The summed E-state index contributed by atoms with van der Waals surface area (Å²) in [6.07, 6.45) is 0.937. The van der Waals surface area contributed by atoms with Gasteiger partial charge in [0.15, 0.2) is 0 Å². The summed E-state index contributed by atoms with van der Waals surface area (Å²) in [5.41, 5.74) is 6.45. The summed E-state index contributed by atoms with van der Waals surface area (Å²) in [5.74, 6) is 0. The second-order valence-corrected chi connectivity index (χ2v) is 5.25. The van der Waals surface area contributed by atoms with E-state index in [2.05, 4.69) is 61.6 Å². The van der Waals surface area contributed by atoms with Gasteiger partial charge in [0.2, 0.25) is 0 Å². The quantitative estimate of drug-likeness (QED) is 0.852. The van der Waals surface area contributed by atoms with Gasteiger partial charge in [0.05, 0.1) is 6.61 Å². The van der Waals surface area contributed by atoms with Crippen molar-refractivity contribution in [3.63, 3.8) is 0 Å². The van der Waals surface area contributed by atoms with Crippen LogP contribution in [0.15, 0.2) is 42.5 Å². The van der Waals surface area contributed by atoms with Crippen molar-refractivity contribution in [1.29, 1.82) is 0 Å². The molecule has 2 heteroatoms. The Balaban J connectivity index is 2.06. The number of methoxy groups -OCH3 is 1. The fourth-order valence-electron chi connectivity index (χ4n) is 2.49. The lowest BCUT2D eigenvalue weighted by Gasteiger charge is -2.12. The number of hydrogen-bond acceptors (Lipinski definition) is 2. The van der Waals surface area contributed by atoms with E-state index >= 15 is 0 Å². The summed E-state index contributed by atoms with van der Waals surface area (Å²) < 4.78 is 5.17. The van der Waals surface area contributed by atoms with Crippen molar-refractivity contribution >= 4 is 5.69 Å². The van der Waals surface area contributed by atoms with Gasteiger partial charge in [-0.3, -0.25) is 0 Å². The molecule has 2 nitrogen and oxygen atoms in total. The third kappa shape index (κ3) is 4.10. The van der Waals surface area contributed by atoms with Gasteiger partial charge in [-0.05, 0) is 37.5 Å². The Bertz CT molecular complexity index is 543. The van der Waals surface area contributed by atoms with Gasteiger partial charge < -0.3 is 10.1 Å². The van der Waals surface area contributed by atoms with Crippen molar-refractivity contribution in [3.05, 3.63) is 64.7 Å². The van der Waals surface area contributed by atoms with Crippen LogP contribution < -0.4 is 5.32 Å². The van der Waals surface area contributed by atoms with Crippen LogP contribution in [0.4, 0.5) is 5.69 Å². The predicted octanol–water partition coefficient (Wildman–Crippen LogP) is 4.10. The van der Waals surface area contributed by atoms with Crippen molar-refractivity contribution in [3.8, 4) is 0 Å². The molecule has 0 fully saturated rings. The molecule has 0 saturated carbocycles. The van der Waals surface area contributed by atoms with Gasteiger partial charge in [-0.1, -0.05) is 47.5 Å². The number of anilines is 1. The molecule has 0 atom stereocenters. The molecule has 2 aromatic carbocycles. The summed E-state index contributed by atoms with van der Waals surface area (Å²) in [7, 11) is 1.74. The van der Waals surface area contributed by atoms with E-state index < -0.39 is 0 Å². The topological polar surface area (TPSA) is 21.3 Å². The molecule has 0 spiro atoms. The first-order chi connectivity index (χ1) is 9.69. The van der Waals surface area contributed by atoms with Crippen LogP contribution in [0.3, 0.4) is 0 Å². The second kappa shape index (κ2) is 7.11. The van der Waals surface area contributed by atoms with Crippen LogP contribution in [0.25, 0.3) is 0 Å². The first-order valence-corrected chi connectivity index (χ1v) is 7.07. The molecule has 1 N–H and O–H groups in total. The maximum absolute atomic E-state index is 5.17. The lowest BCUT2D eigenvalue weighted by Crippen LogP contribution is -2.04. The Morgan fingerprint density at radius 2 is 1.70 bits per heavy atom. The fourth-order valence-corrected chi connectivity index (χ4v) is 2.49. The highest BCUT2D eigenvalue weighted by Gasteiger charge is 2.02. The molecule has 0 aliphatic rings. The van der Waals surface area contributed by atoms with Gasteiger partial charge >= 0.3 is 0 Å². The number of hydrogen-bond donors (Lipinski definition) is 1. The number of aryl methyl sites for hydroxylation is 2. The van der Waals surface area contributed by atoms with Crippen molar-refractivity contribution < 1.29 is 4.74 Å². The molecule has 0 aromatic heterocycles. The summed E-state index contributed by atoms with van der Waals surface area (Å²) in [6.45, 7) is 5.89. The monoisotopic (exact) mass is 269 g/mol. The van der Waals surface area contributed by atoms with Gasteiger partial charge in [0, 0.05) is 19.3 Å². The Morgan fingerprint density at radius 3 is 2.40 bits per heavy atom. The van der Waals surface area contributed by atoms with Crippen LogP contribution in [-0.4, -0.2) is 13.7 Å². The normalized spacial score (nSPS) is 10.6. The van der Waals surface area contributed by atoms with E-state index in [1.807, 2.05) is 0 Å². The standard InChI is InChI=1S/C18H23NO/c1-14-10-15(2)12-16(11-14)13-19-18-7-5-4-6-17(18)8-9-20-3/h4-7,10-12,19H,8-9,13H2,1-3H3. The van der Waals surface area contributed by atoms with Crippen molar-refractivity contribution in [2.45, 2.75) is 26.8 Å². The molecule has 0 heterocycles. The van der Waals surface area contributed by atoms with Crippen LogP contribution in [0.2, 0.25) is 0 Å². The fraction of sp³-hybridized carbons (Fsp3) is 0.333. The Labute approximate surface area is 121 Å². The van der Waals surface area contributed by atoms with Gasteiger partial charge in [0.25, 0.3) is 0 Å². The van der Waals surface area contributed by atoms with Crippen molar-refractivity contribution in [2.24, 2.45) is 0 Å². The molecule has 0 saturated heterocycles. The third-order valence-corrected chi connectivity index (χ3v) is 3.36. The molecular weight excluding hydrogens is 246 g/mol. The zero-order valence-corrected chi connectivity index (χ0v) is 12.6. The summed E-state index contributed by atoms with van der Waals surface area (Å²) in [5, 5.41) is 3.54. The van der Waals surface area contributed by atoms with Gasteiger partial charge in [-0.25, -0.2) is 0 Å². The molecule has 0 amide bonds. The zero-order chi connectivity index (χ0) is 14.4. The predicted molar refractivity (Wildman–Crippen MR) is 85.3 cm³/mol. The van der Waals surface area contributed by atoms with Crippen LogP contribution in [0.1, 0.15) is 22.3 Å². The zero-order valence-electron chi connectivity index (χ0n) is 12.6. The highest BCUT2D eigenvalue weighted by atomic mass is 16.5. The third-order valence-electron chi connectivity index (χ3n) is 3.36. The van der Waals surface area contributed by atoms with E-state index in [0.717, 1.165) is 19.6 Å². The van der Waals surface area contributed by atoms with Gasteiger partial charge in [0.1, 0.15) is 0 Å². The largest absolute Gasteiger partial charge is 0.384 e. The molecule has 2 aromatic rings. The number of ether oxygens (including phenoxy) is 1. The number of para-hydroxylation sites is 1. The van der Waals surface area contributed by atoms with Crippen LogP contribution in [0, 0.1) is 13.8 Å². The molecule has 106 valence electrons. The number of rotatable bonds is 6. The summed E-state index contributed by atoms with van der Waals surface area (Å²) in [4.78, 5) is 0. The maximum Gasteiger partial charge on any atom is 0.0503 e. The molecule has 0 aliphatic carbocycles. The first-order valence-electron chi connectivity index (χ1n) is 7.07. The average molecular weight is 269 g/mol. The molecule has 0 radical (unpaired) electrons. The lowest BCUT2D eigenvalue weighted by atomic mass is 10.1. The van der Waals surface area contributed by atoms with Crippen molar-refractivity contribution in [2.75, 3.05) is 19.0 Å². The highest BCUT2D eigenvalue weighted by molar-refractivity contribution is 5.51. The van der Waals surface area contributed by atoms with Crippen LogP contribution in [-0.2, 0) is 17.7 Å². The SMILES string of the molecule is COCCc1ccccc1NCc1cc(C)cc(C)c1. The Morgan fingerprint density at radius 1 is 1.00 bits per heavy atom. The van der Waals surface area contributed by atoms with E-state index in [0.29, 0.717) is 0 Å². The lowest BCUT2D eigenvalue weighted by molar-refractivity contribution is 0.202. The molecule has 0 bridgehead atoms. The Hall–Kier alpha value is -1.80. The van der Waals surface area contributed by atoms with E-state index in [4.69, 9.17) is 4.74 Å². The second-order valence-electron chi connectivity index (χ2n) is 5.25. The Kier molecular flexibility index (Phi) is 5.19. The van der Waals surface area contributed by atoms with Crippen LogP contribution >= 0.6 is 0 Å². The number of nitrogens with one attached hydrogen (secondary N) is 1. The smallest absolute Gasteiger partial charge is 0.0503 e. The minimum Gasteiger partial charge on any atom is -0.384 e. The minimum absolute atomic E-state index is 0.752. The van der Waals surface area contributed by atoms with Gasteiger partial charge in [-0.2, -0.15) is 0 Å². The van der Waals surface area contributed by atoms with E-state index in [-0.39, 0.29) is 0 Å².